The van der Waals surface area contributed by atoms with E-state index in [-0.39, 0.29) is 30.1 Å². The maximum Gasteiger partial charge on any atom is 0.407 e. The molecule has 0 aromatic heterocycles. The summed E-state index contributed by atoms with van der Waals surface area (Å²) in [7, 11) is 0. The molecule has 1 aliphatic carbocycles. The lowest BCUT2D eigenvalue weighted by atomic mass is 9.86. The predicted molar refractivity (Wildman–Crippen MR) is 96.1 cm³/mol. The minimum Gasteiger partial charge on any atom is -0.444 e. The maximum absolute atomic E-state index is 11.4. The fourth-order valence-electron chi connectivity index (χ4n) is 1.77. The van der Waals surface area contributed by atoms with Gasteiger partial charge in [-0.25, -0.2) is 4.79 Å². The number of halogens is 1. The number of nitrogens with two attached hydrogens (primary N) is 1. The quantitative estimate of drug-likeness (QED) is 0.270. The molecule has 0 radical (unpaired) electrons. The molecule has 1 amide bonds. The number of hydrogen-bond donors (Lipinski definition) is 3. The van der Waals surface area contributed by atoms with Crippen molar-refractivity contribution in [2.45, 2.75) is 52.1 Å². The first-order valence-electron chi connectivity index (χ1n) is 7.37. The van der Waals surface area contributed by atoms with Crippen LogP contribution in [0.2, 0.25) is 0 Å². The summed E-state index contributed by atoms with van der Waals surface area (Å²) < 4.78 is 5.13. The first-order valence-corrected chi connectivity index (χ1v) is 7.37. The zero-order chi connectivity index (χ0) is 15.0. The number of rotatable bonds is 6. The molecule has 1 aliphatic rings. The second-order valence-corrected chi connectivity index (χ2v) is 6.23. The van der Waals surface area contributed by atoms with Gasteiger partial charge in [0, 0.05) is 19.6 Å². The number of aliphatic imine (C=N–C) groups is 1. The Morgan fingerprint density at radius 3 is 2.43 bits per heavy atom. The number of amides is 1. The molecule has 0 spiro atoms. The van der Waals surface area contributed by atoms with Crippen molar-refractivity contribution in [1.29, 1.82) is 0 Å². The topological polar surface area (TPSA) is 88.7 Å². The first-order chi connectivity index (χ1) is 9.37. The number of guanidine groups is 1. The molecule has 6 nitrogen and oxygen atoms in total. The van der Waals surface area contributed by atoms with Crippen LogP contribution in [0.4, 0.5) is 4.79 Å². The van der Waals surface area contributed by atoms with Gasteiger partial charge in [-0.2, -0.15) is 0 Å². The van der Waals surface area contributed by atoms with Crippen molar-refractivity contribution < 1.29 is 9.53 Å². The van der Waals surface area contributed by atoms with E-state index >= 15 is 0 Å². The van der Waals surface area contributed by atoms with Crippen molar-refractivity contribution in [3.8, 4) is 0 Å². The molecule has 0 saturated heterocycles. The third kappa shape index (κ3) is 10.6. The average molecular weight is 412 g/mol. The Morgan fingerprint density at radius 1 is 1.29 bits per heavy atom. The molecule has 1 saturated carbocycles. The second kappa shape index (κ2) is 10.1. The highest BCUT2D eigenvalue weighted by molar-refractivity contribution is 14.0. The summed E-state index contributed by atoms with van der Waals surface area (Å²) in [4.78, 5) is 15.7. The number of carbonyl (C=O) groups is 1. The van der Waals surface area contributed by atoms with Crippen LogP contribution < -0.4 is 16.4 Å². The molecule has 0 unspecified atom stereocenters. The zero-order valence-corrected chi connectivity index (χ0v) is 15.6. The molecular formula is C14H29IN4O2. The van der Waals surface area contributed by atoms with Gasteiger partial charge in [0.05, 0.1) is 0 Å². The van der Waals surface area contributed by atoms with Crippen molar-refractivity contribution in [2.75, 3.05) is 19.6 Å². The summed E-state index contributed by atoms with van der Waals surface area (Å²) >= 11 is 0. The lowest BCUT2D eigenvalue weighted by Gasteiger charge is -2.23. The van der Waals surface area contributed by atoms with E-state index < -0.39 is 5.60 Å². The summed E-state index contributed by atoms with van der Waals surface area (Å²) in [5, 5.41) is 5.74. The van der Waals surface area contributed by atoms with E-state index in [4.69, 9.17) is 10.5 Å². The monoisotopic (exact) mass is 412 g/mol. The molecule has 1 fully saturated rings. The molecule has 7 heteroatoms. The lowest BCUT2D eigenvalue weighted by Crippen LogP contribution is -2.36. The lowest BCUT2D eigenvalue weighted by molar-refractivity contribution is 0.0527. The van der Waals surface area contributed by atoms with Crippen molar-refractivity contribution in [1.82, 2.24) is 10.6 Å². The van der Waals surface area contributed by atoms with E-state index in [9.17, 15) is 4.79 Å². The van der Waals surface area contributed by atoms with E-state index in [1.807, 2.05) is 20.8 Å². The van der Waals surface area contributed by atoms with Crippen LogP contribution >= 0.6 is 24.0 Å². The van der Waals surface area contributed by atoms with Gasteiger partial charge < -0.3 is 21.1 Å². The SMILES string of the molecule is CC(C)(C)OC(=O)NCCCNC(N)=NCC1CCC1.I. The summed E-state index contributed by atoms with van der Waals surface area (Å²) in [5.74, 6) is 1.22. The first kappa shape index (κ1) is 20.3. The standard InChI is InChI=1S/C14H28N4O2.HI/c1-14(2,3)20-13(19)17-9-5-8-16-12(15)18-10-11-6-4-7-11;/h11H,4-10H2,1-3H3,(H,17,19)(H3,15,16,18);1H. The van der Waals surface area contributed by atoms with Crippen LogP contribution in [0, 0.1) is 5.92 Å². The fraction of sp³-hybridized carbons (Fsp3) is 0.857. The second-order valence-electron chi connectivity index (χ2n) is 6.23. The summed E-state index contributed by atoms with van der Waals surface area (Å²) in [6.45, 7) is 7.59. The molecular weight excluding hydrogens is 383 g/mol. The molecule has 0 atom stereocenters. The molecule has 21 heavy (non-hydrogen) atoms. The minimum atomic E-state index is -0.457. The van der Waals surface area contributed by atoms with Crippen LogP contribution in [0.5, 0.6) is 0 Å². The Balaban J connectivity index is 0.00000400. The molecule has 4 N–H and O–H groups in total. The van der Waals surface area contributed by atoms with Gasteiger partial charge in [0.25, 0.3) is 0 Å². The van der Waals surface area contributed by atoms with E-state index in [0.29, 0.717) is 19.0 Å². The van der Waals surface area contributed by atoms with Crippen molar-refractivity contribution >= 4 is 36.0 Å². The summed E-state index contributed by atoms with van der Waals surface area (Å²) in [6, 6.07) is 0. The molecule has 0 aromatic carbocycles. The van der Waals surface area contributed by atoms with Crippen LogP contribution in [-0.4, -0.2) is 37.3 Å². The molecule has 0 aliphatic heterocycles. The summed E-state index contributed by atoms with van der Waals surface area (Å²) in [5.41, 5.74) is 5.30. The van der Waals surface area contributed by atoms with Gasteiger partial charge >= 0.3 is 6.09 Å². The van der Waals surface area contributed by atoms with Crippen molar-refractivity contribution in [2.24, 2.45) is 16.6 Å². The fourth-order valence-corrected chi connectivity index (χ4v) is 1.77. The predicted octanol–water partition coefficient (Wildman–Crippen LogP) is 2.22. The van der Waals surface area contributed by atoms with Gasteiger partial charge in [-0.3, -0.25) is 4.99 Å². The van der Waals surface area contributed by atoms with Crippen molar-refractivity contribution in [3.63, 3.8) is 0 Å². The average Bonchev–Trinajstić information content (AvgIpc) is 2.23. The number of nitrogens with one attached hydrogen (secondary N) is 2. The van der Waals surface area contributed by atoms with Gasteiger partial charge in [0.1, 0.15) is 5.60 Å². The summed E-state index contributed by atoms with van der Waals surface area (Å²) in [6.07, 6.45) is 4.26. The minimum absolute atomic E-state index is 0. The van der Waals surface area contributed by atoms with Gasteiger partial charge in [-0.05, 0) is 46.0 Å². The van der Waals surface area contributed by atoms with Crippen LogP contribution in [0.15, 0.2) is 4.99 Å². The Bertz CT molecular complexity index is 338. The Hall–Kier alpha value is -0.730. The molecule has 124 valence electrons. The third-order valence-corrected chi connectivity index (χ3v) is 3.07. The Kier molecular flexibility index (Phi) is 9.72. The number of nitrogens with zero attached hydrogens (tertiary/aromatic N) is 1. The molecule has 0 bridgehead atoms. The van der Waals surface area contributed by atoms with Crippen LogP contribution in [0.25, 0.3) is 0 Å². The molecule has 0 heterocycles. The van der Waals surface area contributed by atoms with Crippen LogP contribution in [-0.2, 0) is 4.74 Å². The van der Waals surface area contributed by atoms with Crippen LogP contribution in [0.1, 0.15) is 46.5 Å². The zero-order valence-electron chi connectivity index (χ0n) is 13.3. The highest BCUT2D eigenvalue weighted by Gasteiger charge is 2.16. The number of carbonyl (C=O) groups excluding carboxylic acids is 1. The number of ether oxygens (including phenoxy) is 1. The van der Waals surface area contributed by atoms with E-state index in [1.54, 1.807) is 0 Å². The third-order valence-electron chi connectivity index (χ3n) is 3.07. The smallest absolute Gasteiger partial charge is 0.407 e. The number of hydrogen-bond acceptors (Lipinski definition) is 3. The normalized spacial score (nSPS) is 15.7. The van der Waals surface area contributed by atoms with Gasteiger partial charge in [-0.15, -0.1) is 24.0 Å². The Labute approximate surface area is 144 Å². The van der Waals surface area contributed by atoms with Crippen molar-refractivity contribution in [3.05, 3.63) is 0 Å². The maximum atomic E-state index is 11.4. The van der Waals surface area contributed by atoms with E-state index in [0.717, 1.165) is 18.9 Å². The van der Waals surface area contributed by atoms with E-state index in [1.165, 1.54) is 19.3 Å². The number of alkyl carbamates (subject to hydrolysis) is 1. The molecule has 0 aromatic rings. The van der Waals surface area contributed by atoms with Gasteiger partial charge in [0.15, 0.2) is 5.96 Å². The largest absolute Gasteiger partial charge is 0.444 e. The van der Waals surface area contributed by atoms with Gasteiger partial charge in [-0.1, -0.05) is 6.42 Å². The Morgan fingerprint density at radius 2 is 1.90 bits per heavy atom. The van der Waals surface area contributed by atoms with Crippen LogP contribution in [0.3, 0.4) is 0 Å². The molecule has 1 rings (SSSR count). The van der Waals surface area contributed by atoms with E-state index in [2.05, 4.69) is 15.6 Å². The highest BCUT2D eigenvalue weighted by atomic mass is 127. The highest BCUT2D eigenvalue weighted by Crippen LogP contribution is 2.26. The van der Waals surface area contributed by atoms with Gasteiger partial charge in [0.2, 0.25) is 0 Å².